The summed E-state index contributed by atoms with van der Waals surface area (Å²) in [7, 11) is 0. The van der Waals surface area contributed by atoms with Crippen LogP contribution in [0.4, 0.5) is 0 Å². The molecule has 1 N–H and O–H groups in total. The van der Waals surface area contributed by atoms with Gasteiger partial charge in [-0.2, -0.15) is 4.98 Å². The first-order valence-electron chi connectivity index (χ1n) is 6.48. The van der Waals surface area contributed by atoms with Crippen molar-refractivity contribution in [3.63, 3.8) is 0 Å². The van der Waals surface area contributed by atoms with Gasteiger partial charge in [-0.15, -0.1) is 0 Å². The third kappa shape index (κ3) is 4.10. The Kier molecular flexibility index (Phi) is 4.69. The molecule has 1 saturated carbocycles. The van der Waals surface area contributed by atoms with Crippen molar-refractivity contribution < 1.29 is 14.1 Å². The maximum Gasteiger partial charge on any atom is 0.305 e. The van der Waals surface area contributed by atoms with Gasteiger partial charge < -0.3 is 14.6 Å². The van der Waals surface area contributed by atoms with Crippen LogP contribution in [-0.4, -0.2) is 29.3 Å². The zero-order valence-electron chi connectivity index (χ0n) is 10.6. The largest absolute Gasteiger partial charge is 0.466 e. The summed E-state index contributed by atoms with van der Waals surface area (Å²) in [6.45, 7) is 3.55. The Morgan fingerprint density at radius 1 is 1.56 bits per heavy atom. The molecular formula is C12H19N3O3. The van der Waals surface area contributed by atoms with Crippen LogP contribution >= 0.6 is 0 Å². The van der Waals surface area contributed by atoms with E-state index in [0.717, 1.165) is 18.8 Å². The van der Waals surface area contributed by atoms with Crippen molar-refractivity contribution in [1.82, 2.24) is 15.5 Å². The van der Waals surface area contributed by atoms with Gasteiger partial charge >= 0.3 is 5.97 Å². The number of carbonyl (C=O) groups is 1. The van der Waals surface area contributed by atoms with Crippen LogP contribution in [0.1, 0.15) is 50.2 Å². The molecule has 1 fully saturated rings. The van der Waals surface area contributed by atoms with E-state index in [1.165, 1.54) is 12.8 Å². The second-order valence-corrected chi connectivity index (χ2v) is 4.41. The van der Waals surface area contributed by atoms with Gasteiger partial charge in [-0.25, -0.2) is 0 Å². The highest BCUT2D eigenvalue weighted by molar-refractivity contribution is 5.69. The van der Waals surface area contributed by atoms with Crippen LogP contribution in [0.25, 0.3) is 0 Å². The highest BCUT2D eigenvalue weighted by Crippen LogP contribution is 2.37. The lowest BCUT2D eigenvalue weighted by molar-refractivity contribution is -0.143. The average Bonchev–Trinajstić information content (AvgIpc) is 3.10. The Morgan fingerprint density at radius 3 is 3.11 bits per heavy atom. The van der Waals surface area contributed by atoms with Crippen molar-refractivity contribution in [2.24, 2.45) is 0 Å². The lowest BCUT2D eigenvalue weighted by atomic mass is 10.3. The van der Waals surface area contributed by atoms with E-state index in [0.29, 0.717) is 31.4 Å². The number of esters is 1. The molecule has 0 spiro atoms. The van der Waals surface area contributed by atoms with Gasteiger partial charge in [0.25, 0.3) is 0 Å². The van der Waals surface area contributed by atoms with Crippen molar-refractivity contribution in [2.75, 3.05) is 13.2 Å². The fraction of sp³-hybridized carbons (Fsp3) is 0.750. The third-order valence-corrected chi connectivity index (χ3v) is 2.74. The number of carbonyl (C=O) groups excluding carboxylic acids is 1. The smallest absolute Gasteiger partial charge is 0.305 e. The second kappa shape index (κ2) is 6.49. The molecule has 0 bridgehead atoms. The maximum absolute atomic E-state index is 11.1. The standard InChI is InChI=1S/C12H19N3O3/c1-2-17-11(16)4-3-7-13-8-10-14-12(15-18-10)9-5-6-9/h9,13H,2-8H2,1H3. The van der Waals surface area contributed by atoms with Gasteiger partial charge in [0.05, 0.1) is 13.2 Å². The number of rotatable bonds is 8. The first-order chi connectivity index (χ1) is 8.79. The summed E-state index contributed by atoms with van der Waals surface area (Å²) in [6, 6.07) is 0. The van der Waals surface area contributed by atoms with Crippen molar-refractivity contribution in [3.8, 4) is 0 Å². The van der Waals surface area contributed by atoms with Crippen LogP contribution in [0.3, 0.4) is 0 Å². The molecule has 1 aromatic heterocycles. The molecule has 0 aliphatic heterocycles. The highest BCUT2D eigenvalue weighted by atomic mass is 16.5. The Balaban J connectivity index is 1.55. The van der Waals surface area contributed by atoms with Crippen molar-refractivity contribution >= 4 is 5.97 Å². The topological polar surface area (TPSA) is 77.2 Å². The van der Waals surface area contributed by atoms with Crippen molar-refractivity contribution in [2.45, 2.75) is 45.1 Å². The first kappa shape index (κ1) is 13.0. The van der Waals surface area contributed by atoms with Crippen molar-refractivity contribution in [1.29, 1.82) is 0 Å². The molecule has 18 heavy (non-hydrogen) atoms. The zero-order chi connectivity index (χ0) is 12.8. The van der Waals surface area contributed by atoms with Crippen molar-refractivity contribution in [3.05, 3.63) is 11.7 Å². The first-order valence-corrected chi connectivity index (χ1v) is 6.48. The monoisotopic (exact) mass is 253 g/mol. The minimum absolute atomic E-state index is 0.145. The minimum atomic E-state index is -0.145. The van der Waals surface area contributed by atoms with Gasteiger partial charge in [0.15, 0.2) is 5.82 Å². The molecule has 6 nitrogen and oxygen atoms in total. The number of ether oxygens (including phenoxy) is 1. The summed E-state index contributed by atoms with van der Waals surface area (Å²) in [4.78, 5) is 15.4. The van der Waals surface area contributed by atoms with Gasteiger partial charge in [-0.05, 0) is 32.7 Å². The molecule has 0 saturated heterocycles. The lowest BCUT2D eigenvalue weighted by Gasteiger charge is -2.02. The molecule has 0 amide bonds. The van der Waals surface area contributed by atoms with E-state index in [9.17, 15) is 4.79 Å². The summed E-state index contributed by atoms with van der Waals surface area (Å²) >= 11 is 0. The molecule has 2 rings (SSSR count). The van der Waals surface area contributed by atoms with E-state index < -0.39 is 0 Å². The summed E-state index contributed by atoms with van der Waals surface area (Å²) in [6.07, 6.45) is 3.54. The predicted molar refractivity (Wildman–Crippen MR) is 63.8 cm³/mol. The van der Waals surface area contributed by atoms with Gasteiger partial charge in [-0.3, -0.25) is 4.79 Å². The number of nitrogens with one attached hydrogen (secondary N) is 1. The number of nitrogens with zero attached hydrogens (tertiary/aromatic N) is 2. The molecule has 0 unspecified atom stereocenters. The molecule has 0 atom stereocenters. The Bertz CT molecular complexity index is 388. The third-order valence-electron chi connectivity index (χ3n) is 2.74. The lowest BCUT2D eigenvalue weighted by Crippen LogP contribution is -2.16. The van der Waals surface area contributed by atoms with Crippen LogP contribution in [0.15, 0.2) is 4.52 Å². The highest BCUT2D eigenvalue weighted by Gasteiger charge is 2.28. The van der Waals surface area contributed by atoms with Gasteiger partial charge in [0.1, 0.15) is 0 Å². The van der Waals surface area contributed by atoms with Crippen LogP contribution in [0, 0.1) is 0 Å². The van der Waals surface area contributed by atoms with Crippen LogP contribution in [0.2, 0.25) is 0 Å². The summed E-state index contributed by atoms with van der Waals surface area (Å²) in [5.74, 6) is 1.82. The van der Waals surface area contributed by atoms with E-state index in [1.54, 1.807) is 0 Å². The molecule has 1 heterocycles. The second-order valence-electron chi connectivity index (χ2n) is 4.41. The van der Waals surface area contributed by atoms with Crippen LogP contribution in [0.5, 0.6) is 0 Å². The summed E-state index contributed by atoms with van der Waals surface area (Å²) in [5.41, 5.74) is 0. The zero-order valence-corrected chi connectivity index (χ0v) is 10.6. The summed E-state index contributed by atoms with van der Waals surface area (Å²) in [5, 5.41) is 7.10. The summed E-state index contributed by atoms with van der Waals surface area (Å²) < 4.78 is 9.95. The molecule has 0 aromatic carbocycles. The van der Waals surface area contributed by atoms with E-state index in [-0.39, 0.29) is 5.97 Å². The van der Waals surface area contributed by atoms with E-state index in [2.05, 4.69) is 15.5 Å². The minimum Gasteiger partial charge on any atom is -0.466 e. The molecular weight excluding hydrogens is 234 g/mol. The fourth-order valence-electron chi connectivity index (χ4n) is 1.63. The van der Waals surface area contributed by atoms with Gasteiger partial charge in [0.2, 0.25) is 5.89 Å². The van der Waals surface area contributed by atoms with E-state index in [4.69, 9.17) is 9.26 Å². The average molecular weight is 253 g/mol. The van der Waals surface area contributed by atoms with Gasteiger partial charge in [0, 0.05) is 12.3 Å². The molecule has 1 aromatic rings. The number of hydrogen-bond donors (Lipinski definition) is 1. The number of aromatic nitrogens is 2. The molecule has 100 valence electrons. The SMILES string of the molecule is CCOC(=O)CCCNCc1nc(C2CC2)no1. The predicted octanol–water partition coefficient (Wildman–Crippen LogP) is 1.38. The molecule has 1 aliphatic rings. The van der Waals surface area contributed by atoms with E-state index >= 15 is 0 Å². The number of hydrogen-bond acceptors (Lipinski definition) is 6. The molecule has 1 aliphatic carbocycles. The maximum atomic E-state index is 11.1. The fourth-order valence-corrected chi connectivity index (χ4v) is 1.63. The van der Waals surface area contributed by atoms with E-state index in [1.807, 2.05) is 6.92 Å². The Labute approximate surface area is 106 Å². The quantitative estimate of drug-likeness (QED) is 0.557. The van der Waals surface area contributed by atoms with Crippen LogP contribution in [-0.2, 0) is 16.1 Å². The Hall–Kier alpha value is -1.43. The Morgan fingerprint density at radius 2 is 2.39 bits per heavy atom. The molecule has 6 heteroatoms. The van der Waals surface area contributed by atoms with Gasteiger partial charge in [-0.1, -0.05) is 5.16 Å². The molecule has 0 radical (unpaired) electrons. The van der Waals surface area contributed by atoms with Crippen LogP contribution < -0.4 is 5.32 Å². The normalized spacial score (nSPS) is 14.7.